The molecule has 0 radical (unpaired) electrons. The minimum Gasteiger partial charge on any atom is -0.352 e. The van der Waals surface area contributed by atoms with Crippen LogP contribution in [0.15, 0.2) is 30.3 Å². The number of halogens is 6. The highest BCUT2D eigenvalue weighted by Crippen LogP contribution is 2.65. The molecule has 0 saturated heterocycles. The third-order valence-electron chi connectivity index (χ3n) is 4.48. The SMILES string of the molecule is CCNC(=O)c1cc(NC(=O)[C@@H]2[C@@H](c3cc(Cl)cc(Cl)c3)C2(Cl)Cl)c(Cl)cc1Cl. The minimum absolute atomic E-state index is 0.167. The van der Waals surface area contributed by atoms with Gasteiger partial charge in [0.1, 0.15) is 4.33 Å². The highest BCUT2D eigenvalue weighted by molar-refractivity contribution is 6.53. The lowest BCUT2D eigenvalue weighted by Crippen LogP contribution is -2.23. The van der Waals surface area contributed by atoms with Gasteiger partial charge in [0.25, 0.3) is 5.91 Å². The van der Waals surface area contributed by atoms with Crippen molar-refractivity contribution in [3.63, 3.8) is 0 Å². The van der Waals surface area contributed by atoms with E-state index in [0.29, 0.717) is 22.2 Å². The third-order valence-corrected chi connectivity index (χ3v) is 6.48. The Labute approximate surface area is 197 Å². The highest BCUT2D eigenvalue weighted by atomic mass is 35.5. The summed E-state index contributed by atoms with van der Waals surface area (Å²) in [5.74, 6) is -2.11. The summed E-state index contributed by atoms with van der Waals surface area (Å²) in [5, 5.41) is 6.49. The first-order valence-electron chi connectivity index (χ1n) is 8.48. The van der Waals surface area contributed by atoms with E-state index in [1.54, 1.807) is 25.1 Å². The molecule has 2 N–H and O–H groups in total. The summed E-state index contributed by atoms with van der Waals surface area (Å²) >= 11 is 37.1. The predicted octanol–water partition coefficient (Wildman–Crippen LogP) is 6.58. The maximum atomic E-state index is 12.8. The fourth-order valence-electron chi connectivity index (χ4n) is 3.11. The number of alkyl halides is 2. The molecule has 1 fully saturated rings. The lowest BCUT2D eigenvalue weighted by atomic mass is 10.1. The fourth-order valence-corrected chi connectivity index (χ4v) is 4.99. The van der Waals surface area contributed by atoms with E-state index in [-0.39, 0.29) is 27.2 Å². The Morgan fingerprint density at radius 3 is 2.17 bits per heavy atom. The summed E-state index contributed by atoms with van der Waals surface area (Å²) < 4.78 is -1.33. The lowest BCUT2D eigenvalue weighted by Gasteiger charge is -2.11. The number of carbonyl (C=O) groups is 2. The molecule has 3 rings (SSSR count). The zero-order valence-electron chi connectivity index (χ0n) is 14.8. The first-order valence-corrected chi connectivity index (χ1v) is 10.7. The number of amides is 2. The molecule has 1 aliphatic carbocycles. The van der Waals surface area contributed by atoms with Gasteiger partial charge in [0.15, 0.2) is 0 Å². The van der Waals surface area contributed by atoms with Crippen molar-refractivity contribution in [1.82, 2.24) is 5.32 Å². The molecule has 2 atom stereocenters. The second-order valence-corrected chi connectivity index (χ2v) is 9.62. The Morgan fingerprint density at radius 1 is 0.966 bits per heavy atom. The van der Waals surface area contributed by atoms with Gasteiger partial charge in [-0.1, -0.05) is 46.4 Å². The molecule has 0 bridgehead atoms. The number of nitrogens with one attached hydrogen (secondary N) is 2. The van der Waals surface area contributed by atoms with Crippen LogP contribution in [0.5, 0.6) is 0 Å². The van der Waals surface area contributed by atoms with Crippen LogP contribution in [0, 0.1) is 5.92 Å². The maximum absolute atomic E-state index is 12.8. The van der Waals surface area contributed by atoms with E-state index in [1.165, 1.54) is 12.1 Å². The van der Waals surface area contributed by atoms with Gasteiger partial charge in [-0.05, 0) is 42.8 Å². The van der Waals surface area contributed by atoms with Crippen LogP contribution in [0.2, 0.25) is 20.1 Å². The molecule has 0 aliphatic heterocycles. The van der Waals surface area contributed by atoms with Gasteiger partial charge >= 0.3 is 0 Å². The molecule has 2 aromatic rings. The normalized spacial score (nSPS) is 19.6. The number of hydrogen-bond acceptors (Lipinski definition) is 2. The van der Waals surface area contributed by atoms with Crippen LogP contribution in [-0.4, -0.2) is 22.7 Å². The summed E-state index contributed by atoms with van der Waals surface area (Å²) in [6.07, 6.45) is 0. The number of benzene rings is 2. The highest BCUT2D eigenvalue weighted by Gasteiger charge is 2.67. The van der Waals surface area contributed by atoms with Gasteiger partial charge in [0.2, 0.25) is 5.91 Å². The topological polar surface area (TPSA) is 58.2 Å². The van der Waals surface area contributed by atoms with Crippen molar-refractivity contribution in [3.8, 4) is 0 Å². The van der Waals surface area contributed by atoms with Crippen molar-refractivity contribution in [2.75, 3.05) is 11.9 Å². The van der Waals surface area contributed by atoms with Crippen molar-refractivity contribution in [2.24, 2.45) is 5.92 Å². The summed E-state index contributed by atoms with van der Waals surface area (Å²) in [7, 11) is 0. The Morgan fingerprint density at radius 2 is 1.59 bits per heavy atom. The first-order chi connectivity index (χ1) is 13.6. The monoisotopic (exact) mass is 512 g/mol. The van der Waals surface area contributed by atoms with Crippen LogP contribution in [0.1, 0.15) is 28.8 Å². The van der Waals surface area contributed by atoms with Gasteiger partial charge in [-0.25, -0.2) is 0 Å². The van der Waals surface area contributed by atoms with E-state index in [1.807, 2.05) is 0 Å². The van der Waals surface area contributed by atoms with Crippen molar-refractivity contribution in [2.45, 2.75) is 17.2 Å². The second-order valence-electron chi connectivity index (χ2n) is 6.49. The first kappa shape index (κ1) is 22.8. The number of hydrogen-bond donors (Lipinski definition) is 2. The molecule has 1 aliphatic rings. The smallest absolute Gasteiger partial charge is 0.252 e. The van der Waals surface area contributed by atoms with Crippen molar-refractivity contribution in [1.29, 1.82) is 0 Å². The largest absolute Gasteiger partial charge is 0.352 e. The van der Waals surface area contributed by atoms with Crippen molar-refractivity contribution in [3.05, 3.63) is 61.5 Å². The van der Waals surface area contributed by atoms with Crippen molar-refractivity contribution < 1.29 is 9.59 Å². The average molecular weight is 515 g/mol. The molecule has 4 nitrogen and oxygen atoms in total. The van der Waals surface area contributed by atoms with Crippen LogP contribution >= 0.6 is 69.6 Å². The second kappa shape index (κ2) is 8.70. The van der Waals surface area contributed by atoms with Gasteiger partial charge in [0, 0.05) is 22.5 Å². The molecule has 29 heavy (non-hydrogen) atoms. The molecular formula is C19H14Cl6N2O2. The van der Waals surface area contributed by atoms with E-state index in [0.717, 1.165) is 0 Å². The van der Waals surface area contributed by atoms with Crippen LogP contribution in [0.4, 0.5) is 5.69 Å². The Hall–Kier alpha value is -0.880. The quantitative estimate of drug-likeness (QED) is 0.443. The number of rotatable bonds is 5. The predicted molar refractivity (Wildman–Crippen MR) is 120 cm³/mol. The molecule has 0 aromatic heterocycles. The van der Waals surface area contributed by atoms with Gasteiger partial charge in [-0.3, -0.25) is 9.59 Å². The Balaban J connectivity index is 1.85. The minimum atomic E-state index is -1.33. The zero-order chi connectivity index (χ0) is 21.5. The Bertz CT molecular complexity index is 975. The zero-order valence-corrected chi connectivity index (χ0v) is 19.4. The standard InChI is InChI=1S/C19H14Cl6N2O2/c1-2-26-17(28)11-6-14(13(23)7-12(11)22)27-18(29)16-15(19(16,24)25)8-3-9(20)5-10(21)4-8/h3-7,15-16H,2H2,1H3,(H,26,28)(H,27,29)/t15-,16+/m1/s1. The van der Waals surface area contributed by atoms with Crippen LogP contribution in [-0.2, 0) is 4.79 Å². The number of carbonyl (C=O) groups excluding carboxylic acids is 2. The summed E-state index contributed by atoms with van der Waals surface area (Å²) in [6, 6.07) is 7.69. The molecule has 2 amide bonds. The molecule has 0 unspecified atom stereocenters. The van der Waals surface area contributed by atoms with E-state index in [2.05, 4.69) is 10.6 Å². The molecule has 10 heteroatoms. The van der Waals surface area contributed by atoms with Gasteiger partial charge in [0.05, 0.1) is 27.2 Å². The van der Waals surface area contributed by atoms with E-state index < -0.39 is 22.1 Å². The molecule has 1 saturated carbocycles. The summed E-state index contributed by atoms with van der Waals surface area (Å²) in [5.41, 5.74) is 1.06. The van der Waals surface area contributed by atoms with Gasteiger partial charge < -0.3 is 10.6 Å². The summed E-state index contributed by atoms with van der Waals surface area (Å²) in [6.45, 7) is 2.20. The fraction of sp³-hybridized carbons (Fsp3) is 0.263. The van der Waals surface area contributed by atoms with Gasteiger partial charge in [-0.2, -0.15) is 0 Å². The molecule has 2 aromatic carbocycles. The van der Waals surface area contributed by atoms with Crippen LogP contribution < -0.4 is 10.6 Å². The summed E-state index contributed by atoms with van der Waals surface area (Å²) in [4.78, 5) is 25.0. The average Bonchev–Trinajstić information content (AvgIpc) is 3.19. The third kappa shape index (κ3) is 4.73. The Kier molecular flexibility index (Phi) is 6.84. The van der Waals surface area contributed by atoms with E-state index >= 15 is 0 Å². The van der Waals surface area contributed by atoms with Crippen molar-refractivity contribution >= 4 is 87.1 Å². The molecule has 154 valence electrons. The molecule has 0 spiro atoms. The van der Waals surface area contributed by atoms with Crippen LogP contribution in [0.3, 0.4) is 0 Å². The lowest BCUT2D eigenvalue weighted by molar-refractivity contribution is -0.117. The van der Waals surface area contributed by atoms with Gasteiger partial charge in [-0.15, -0.1) is 23.2 Å². The maximum Gasteiger partial charge on any atom is 0.252 e. The number of anilines is 1. The van der Waals surface area contributed by atoms with Crippen LogP contribution in [0.25, 0.3) is 0 Å². The van der Waals surface area contributed by atoms with E-state index in [4.69, 9.17) is 69.6 Å². The molecule has 0 heterocycles. The van der Waals surface area contributed by atoms with E-state index in [9.17, 15) is 9.59 Å². The molecular weight excluding hydrogens is 501 g/mol.